The number of aryl methyl sites for hydroxylation is 2. The number of aromatic nitrogens is 2. The van der Waals surface area contributed by atoms with Crippen molar-refractivity contribution in [1.29, 1.82) is 0 Å². The molecule has 0 N–H and O–H groups in total. The predicted molar refractivity (Wildman–Crippen MR) is 165 cm³/mol. The van der Waals surface area contributed by atoms with Crippen LogP contribution in [0.5, 0.6) is 0 Å². The van der Waals surface area contributed by atoms with E-state index in [1.165, 1.54) is 57.8 Å². The Morgan fingerprint density at radius 1 is 0.810 bits per heavy atom. The van der Waals surface area contributed by atoms with E-state index in [1.807, 2.05) is 12.1 Å². The number of alkyl halides is 2. The van der Waals surface area contributed by atoms with Crippen molar-refractivity contribution in [1.82, 2.24) is 9.97 Å². The van der Waals surface area contributed by atoms with Gasteiger partial charge in [-0.25, -0.2) is 13.8 Å². The van der Waals surface area contributed by atoms with E-state index in [4.69, 9.17) is 4.74 Å². The smallest absolute Gasteiger partial charge is 0.280 e. The summed E-state index contributed by atoms with van der Waals surface area (Å²) in [5.74, 6) is -4.01. The third-order valence-corrected chi connectivity index (χ3v) is 9.26. The Kier molecular flexibility index (Phi) is 13.6. The summed E-state index contributed by atoms with van der Waals surface area (Å²) in [4.78, 5) is 8.47. The monoisotopic (exact) mass is 586 g/mol. The Balaban J connectivity index is 1.19. The van der Waals surface area contributed by atoms with E-state index in [9.17, 15) is 0 Å². The van der Waals surface area contributed by atoms with Gasteiger partial charge in [-0.15, -0.1) is 0 Å². The number of unbranched alkanes of at least 4 members (excludes halogenated alkanes) is 10. The lowest BCUT2D eigenvalue weighted by atomic mass is 9.78. The molecule has 2 heterocycles. The normalized spacial score (nSPS) is 17.9. The van der Waals surface area contributed by atoms with Gasteiger partial charge >= 0.3 is 0 Å². The summed E-state index contributed by atoms with van der Waals surface area (Å²) in [5.41, 5.74) is 1.88. The van der Waals surface area contributed by atoms with Crippen LogP contribution >= 0.6 is 0 Å². The Bertz CT molecular complexity index is 1050. The molecule has 2 aromatic heterocycles. The molecule has 4 rings (SSSR count). The number of hydrogen-bond acceptors (Lipinski definition) is 3. The predicted octanol–water partition coefficient (Wildman–Crippen LogP) is 10.8. The van der Waals surface area contributed by atoms with Gasteiger partial charge in [-0.05, 0) is 74.1 Å². The van der Waals surface area contributed by atoms with Crippen LogP contribution in [0, 0.1) is 17.8 Å². The van der Waals surface area contributed by atoms with Crippen LogP contribution in [0.1, 0.15) is 139 Å². The highest BCUT2D eigenvalue weighted by atomic mass is 19.3. The van der Waals surface area contributed by atoms with Crippen LogP contribution < -0.4 is 0 Å². The Morgan fingerprint density at radius 3 is 2.19 bits per heavy atom. The molecule has 2 aliphatic rings. The third kappa shape index (κ3) is 10.3. The molecule has 3 nitrogen and oxygen atoms in total. The van der Waals surface area contributed by atoms with Gasteiger partial charge in [-0.2, -0.15) is 4.39 Å². The number of pyridine rings is 2. The van der Waals surface area contributed by atoms with Crippen LogP contribution in [0.25, 0.3) is 11.4 Å². The molecule has 1 fully saturated rings. The van der Waals surface area contributed by atoms with E-state index in [1.54, 1.807) is 12.3 Å². The van der Waals surface area contributed by atoms with Crippen molar-refractivity contribution in [2.24, 2.45) is 11.8 Å². The molecule has 2 aliphatic carbocycles. The number of halogens is 3. The second-order valence-corrected chi connectivity index (χ2v) is 12.9. The minimum atomic E-state index is -3.18. The van der Waals surface area contributed by atoms with Gasteiger partial charge in [0.2, 0.25) is 5.95 Å². The zero-order valence-corrected chi connectivity index (χ0v) is 26.0. The lowest BCUT2D eigenvalue weighted by Gasteiger charge is -2.33. The molecule has 1 unspecified atom stereocenters. The molecule has 0 radical (unpaired) electrons. The molecule has 0 bridgehead atoms. The number of nitrogens with zero attached hydrogens (tertiary/aromatic N) is 2. The zero-order chi connectivity index (χ0) is 29.6. The van der Waals surface area contributed by atoms with Gasteiger partial charge < -0.3 is 4.74 Å². The summed E-state index contributed by atoms with van der Waals surface area (Å²) in [6.07, 6.45) is 23.0. The summed E-state index contributed by atoms with van der Waals surface area (Å²) in [5, 5.41) is 0. The first kappa shape index (κ1) is 33.0. The first-order chi connectivity index (χ1) is 20.5. The maximum atomic E-state index is 15.5. The highest BCUT2D eigenvalue weighted by Gasteiger charge is 2.47. The van der Waals surface area contributed by atoms with Crippen molar-refractivity contribution in [2.75, 3.05) is 13.2 Å². The van der Waals surface area contributed by atoms with Crippen molar-refractivity contribution in [3.63, 3.8) is 0 Å². The van der Waals surface area contributed by atoms with E-state index in [-0.39, 0.29) is 0 Å². The van der Waals surface area contributed by atoms with Crippen LogP contribution in [-0.4, -0.2) is 23.2 Å². The molecule has 1 atom stereocenters. The average molecular weight is 587 g/mol. The van der Waals surface area contributed by atoms with Crippen molar-refractivity contribution >= 4 is 0 Å². The first-order valence-electron chi connectivity index (χ1n) is 17.1. The van der Waals surface area contributed by atoms with Gasteiger partial charge in [-0.1, -0.05) is 96.5 Å². The highest BCUT2D eigenvalue weighted by molar-refractivity contribution is 5.57. The lowest BCUT2D eigenvalue weighted by Crippen LogP contribution is -2.33. The molecular formula is C36H53F3N2O. The molecule has 42 heavy (non-hydrogen) atoms. The number of hydrogen-bond donors (Lipinski definition) is 0. The molecule has 0 aliphatic heterocycles. The van der Waals surface area contributed by atoms with Crippen molar-refractivity contribution in [3.8, 4) is 11.4 Å². The van der Waals surface area contributed by atoms with Gasteiger partial charge in [-0.3, -0.25) is 4.98 Å². The Morgan fingerprint density at radius 2 is 1.50 bits per heavy atom. The van der Waals surface area contributed by atoms with E-state index in [2.05, 4.69) is 16.9 Å². The topological polar surface area (TPSA) is 35.0 Å². The fraction of sp³-hybridized carbons (Fsp3) is 0.722. The maximum absolute atomic E-state index is 15.5. The van der Waals surface area contributed by atoms with Crippen LogP contribution in [-0.2, 0) is 23.5 Å². The number of rotatable bonds is 21. The fourth-order valence-electron chi connectivity index (χ4n) is 6.39. The maximum Gasteiger partial charge on any atom is 0.280 e. The van der Waals surface area contributed by atoms with Gasteiger partial charge in [0.15, 0.2) is 0 Å². The molecule has 234 valence electrons. The summed E-state index contributed by atoms with van der Waals surface area (Å²) in [6, 6.07) is 5.45. The van der Waals surface area contributed by atoms with E-state index < -0.39 is 23.4 Å². The minimum absolute atomic E-state index is 0.337. The molecule has 0 aromatic carbocycles. The summed E-state index contributed by atoms with van der Waals surface area (Å²) in [7, 11) is 0. The molecular weight excluding hydrogens is 533 g/mol. The van der Waals surface area contributed by atoms with Gasteiger partial charge in [0.25, 0.3) is 5.92 Å². The second-order valence-electron chi connectivity index (χ2n) is 12.9. The van der Waals surface area contributed by atoms with E-state index in [0.29, 0.717) is 36.2 Å². The highest BCUT2D eigenvalue weighted by Crippen LogP contribution is 2.47. The summed E-state index contributed by atoms with van der Waals surface area (Å²) in [6.45, 7) is 3.87. The first-order valence-corrected chi connectivity index (χ1v) is 17.1. The summed E-state index contributed by atoms with van der Waals surface area (Å²) < 4.78 is 51.7. The van der Waals surface area contributed by atoms with Gasteiger partial charge in [0.1, 0.15) is 0 Å². The standard InChI is InChI=1S/C36H53F3N2O/c1-2-3-13-24-42-25-14-9-11-16-29-20-23-32(40-27-29)33-26-30-21-22-31(36(38,39)34(30)35(37)41-33)17-12-8-6-4-5-7-10-15-28-18-19-28/h20,23,26-28,31H,2-19,21-22,24-25H2,1H3. The SMILES string of the molecule is CCCCCOCCCCCc1ccc(-c2cc3c(c(F)n2)C(F)(F)C(CCCCCCCCCC2CC2)CC3)nc1. The fourth-order valence-corrected chi connectivity index (χ4v) is 6.39. The van der Waals surface area contributed by atoms with E-state index >= 15 is 13.2 Å². The van der Waals surface area contributed by atoms with Gasteiger partial charge in [0, 0.05) is 25.3 Å². The number of ether oxygens (including phenoxy) is 1. The average Bonchev–Trinajstić information content (AvgIpc) is 3.81. The van der Waals surface area contributed by atoms with Gasteiger partial charge in [0.05, 0.1) is 17.0 Å². The number of fused-ring (bicyclic) bond motifs is 1. The molecule has 0 amide bonds. The molecule has 6 heteroatoms. The van der Waals surface area contributed by atoms with Crippen molar-refractivity contribution < 1.29 is 17.9 Å². The van der Waals surface area contributed by atoms with Crippen LogP contribution in [0.4, 0.5) is 13.2 Å². The van der Waals surface area contributed by atoms with Crippen LogP contribution in [0.2, 0.25) is 0 Å². The molecule has 0 saturated heterocycles. The van der Waals surface area contributed by atoms with Crippen LogP contribution in [0.15, 0.2) is 24.4 Å². The quantitative estimate of drug-likeness (QED) is 0.108. The zero-order valence-electron chi connectivity index (χ0n) is 26.0. The Hall–Kier alpha value is -1.95. The Labute approximate surface area is 252 Å². The third-order valence-electron chi connectivity index (χ3n) is 9.26. The van der Waals surface area contributed by atoms with E-state index in [0.717, 1.165) is 76.1 Å². The summed E-state index contributed by atoms with van der Waals surface area (Å²) >= 11 is 0. The van der Waals surface area contributed by atoms with Crippen molar-refractivity contribution in [3.05, 3.63) is 47.0 Å². The van der Waals surface area contributed by atoms with Crippen LogP contribution in [0.3, 0.4) is 0 Å². The largest absolute Gasteiger partial charge is 0.381 e. The molecule has 2 aromatic rings. The van der Waals surface area contributed by atoms with Crippen molar-refractivity contribution in [2.45, 2.75) is 141 Å². The lowest BCUT2D eigenvalue weighted by molar-refractivity contribution is -0.0824. The molecule has 1 saturated carbocycles. The second kappa shape index (κ2) is 17.4. The minimum Gasteiger partial charge on any atom is -0.381 e. The molecule has 0 spiro atoms.